The molecule has 3 atom stereocenters. The summed E-state index contributed by atoms with van der Waals surface area (Å²) in [6, 6.07) is 0. The summed E-state index contributed by atoms with van der Waals surface area (Å²) in [5.41, 5.74) is 0.555. The molecule has 0 aromatic carbocycles. The lowest BCUT2D eigenvalue weighted by atomic mass is 9.91. The first kappa shape index (κ1) is 10.6. The van der Waals surface area contributed by atoms with Crippen LogP contribution in [0, 0.1) is 12.3 Å². The van der Waals surface area contributed by atoms with Crippen LogP contribution in [0.3, 0.4) is 0 Å². The van der Waals surface area contributed by atoms with Gasteiger partial charge in [-0.15, -0.1) is 18.0 Å². The standard InChI is InChI=1S/C10H12ClFO/c1-3-4-13-10-5-7(2)9(12)6-8(10)11/h1,8-10H,2,4-6H2. The molecule has 3 heteroatoms. The highest BCUT2D eigenvalue weighted by atomic mass is 35.5. The predicted octanol–water partition coefficient (Wildman–Crippen LogP) is 2.30. The van der Waals surface area contributed by atoms with Crippen molar-refractivity contribution in [3.8, 4) is 12.3 Å². The number of terminal acetylenes is 1. The van der Waals surface area contributed by atoms with Crippen molar-refractivity contribution in [2.75, 3.05) is 6.61 Å². The molecule has 72 valence electrons. The van der Waals surface area contributed by atoms with Gasteiger partial charge in [-0.2, -0.15) is 0 Å². The first-order chi connectivity index (χ1) is 6.15. The fourth-order valence-electron chi connectivity index (χ4n) is 1.35. The van der Waals surface area contributed by atoms with Crippen molar-refractivity contribution in [3.63, 3.8) is 0 Å². The van der Waals surface area contributed by atoms with Crippen molar-refractivity contribution < 1.29 is 9.13 Å². The Labute approximate surface area is 82.9 Å². The summed E-state index contributed by atoms with van der Waals surface area (Å²) in [5, 5.41) is -0.297. The van der Waals surface area contributed by atoms with E-state index < -0.39 is 6.17 Å². The highest BCUT2D eigenvalue weighted by Crippen LogP contribution is 2.30. The molecule has 0 aromatic heterocycles. The van der Waals surface area contributed by atoms with Crippen molar-refractivity contribution >= 4 is 11.6 Å². The Hall–Kier alpha value is -0.520. The van der Waals surface area contributed by atoms with Crippen LogP contribution in [0.4, 0.5) is 4.39 Å². The minimum atomic E-state index is -0.992. The van der Waals surface area contributed by atoms with Crippen LogP contribution in [0.1, 0.15) is 12.8 Å². The van der Waals surface area contributed by atoms with Crippen LogP contribution < -0.4 is 0 Å². The Kier molecular flexibility index (Phi) is 3.77. The van der Waals surface area contributed by atoms with Crippen LogP contribution >= 0.6 is 11.6 Å². The summed E-state index contributed by atoms with van der Waals surface area (Å²) in [7, 11) is 0. The van der Waals surface area contributed by atoms with Gasteiger partial charge >= 0.3 is 0 Å². The Morgan fingerprint density at radius 1 is 1.77 bits per heavy atom. The monoisotopic (exact) mass is 202 g/mol. The molecule has 0 aliphatic heterocycles. The molecule has 1 aliphatic carbocycles. The lowest BCUT2D eigenvalue weighted by molar-refractivity contribution is 0.0540. The van der Waals surface area contributed by atoms with E-state index >= 15 is 0 Å². The van der Waals surface area contributed by atoms with Gasteiger partial charge in [-0.1, -0.05) is 12.5 Å². The maximum atomic E-state index is 13.0. The number of halogens is 2. The van der Waals surface area contributed by atoms with E-state index in [0.717, 1.165) is 0 Å². The maximum absolute atomic E-state index is 13.0. The van der Waals surface area contributed by atoms with Gasteiger partial charge in [-0.05, 0) is 12.0 Å². The van der Waals surface area contributed by atoms with E-state index in [4.69, 9.17) is 22.8 Å². The van der Waals surface area contributed by atoms with Gasteiger partial charge in [0.1, 0.15) is 12.8 Å². The molecule has 1 aliphatic rings. The summed E-state index contributed by atoms with van der Waals surface area (Å²) in [5.74, 6) is 2.36. The smallest absolute Gasteiger partial charge is 0.122 e. The fraction of sp³-hybridized carbons (Fsp3) is 0.600. The Morgan fingerprint density at radius 3 is 3.08 bits per heavy atom. The van der Waals surface area contributed by atoms with Gasteiger partial charge in [-0.25, -0.2) is 4.39 Å². The van der Waals surface area contributed by atoms with Crippen molar-refractivity contribution in [1.82, 2.24) is 0 Å². The minimum absolute atomic E-state index is 0.183. The molecule has 0 N–H and O–H groups in total. The van der Waals surface area contributed by atoms with E-state index in [2.05, 4.69) is 12.5 Å². The second kappa shape index (κ2) is 4.64. The van der Waals surface area contributed by atoms with Crippen molar-refractivity contribution in [2.45, 2.75) is 30.5 Å². The molecule has 1 nitrogen and oxygen atoms in total. The first-order valence-electron chi connectivity index (χ1n) is 4.16. The highest BCUT2D eigenvalue weighted by molar-refractivity contribution is 6.21. The summed E-state index contributed by atoms with van der Waals surface area (Å²) >= 11 is 5.90. The molecule has 0 aromatic rings. The minimum Gasteiger partial charge on any atom is -0.364 e. The number of alkyl halides is 2. The first-order valence-corrected chi connectivity index (χ1v) is 4.59. The Bertz CT molecular complexity index is 234. The average molecular weight is 203 g/mol. The summed E-state index contributed by atoms with van der Waals surface area (Å²) in [4.78, 5) is 0. The van der Waals surface area contributed by atoms with Crippen LogP contribution in [0.5, 0.6) is 0 Å². The lowest BCUT2D eigenvalue weighted by Gasteiger charge is -2.30. The van der Waals surface area contributed by atoms with Gasteiger partial charge in [-0.3, -0.25) is 0 Å². The van der Waals surface area contributed by atoms with Gasteiger partial charge in [0.05, 0.1) is 11.5 Å². The third kappa shape index (κ3) is 2.72. The molecule has 0 radical (unpaired) electrons. The summed E-state index contributed by atoms with van der Waals surface area (Å²) in [6.07, 6.45) is 4.61. The second-order valence-corrected chi connectivity index (χ2v) is 3.70. The van der Waals surface area contributed by atoms with Gasteiger partial charge in [0, 0.05) is 6.42 Å². The highest BCUT2D eigenvalue weighted by Gasteiger charge is 2.31. The number of hydrogen-bond donors (Lipinski definition) is 0. The van der Waals surface area contributed by atoms with Crippen molar-refractivity contribution in [1.29, 1.82) is 0 Å². The molecule has 3 unspecified atom stereocenters. The van der Waals surface area contributed by atoms with E-state index in [1.165, 1.54) is 0 Å². The van der Waals surface area contributed by atoms with Crippen molar-refractivity contribution in [3.05, 3.63) is 12.2 Å². The predicted molar refractivity (Wildman–Crippen MR) is 51.5 cm³/mol. The summed E-state index contributed by atoms with van der Waals surface area (Å²) in [6.45, 7) is 3.84. The van der Waals surface area contributed by atoms with E-state index in [-0.39, 0.29) is 24.5 Å². The zero-order chi connectivity index (χ0) is 9.84. The summed E-state index contributed by atoms with van der Waals surface area (Å²) < 4.78 is 18.3. The molecule has 0 spiro atoms. The molecule has 0 saturated heterocycles. The van der Waals surface area contributed by atoms with Crippen LogP contribution in [-0.2, 0) is 4.74 Å². The third-order valence-electron chi connectivity index (χ3n) is 2.12. The zero-order valence-electron chi connectivity index (χ0n) is 7.30. The molecule has 1 rings (SSSR count). The number of rotatable bonds is 2. The Morgan fingerprint density at radius 2 is 2.46 bits per heavy atom. The fourth-order valence-corrected chi connectivity index (χ4v) is 1.67. The third-order valence-corrected chi connectivity index (χ3v) is 2.58. The van der Waals surface area contributed by atoms with Crippen molar-refractivity contribution in [2.24, 2.45) is 0 Å². The van der Waals surface area contributed by atoms with E-state index in [0.29, 0.717) is 12.0 Å². The normalized spacial score (nSPS) is 34.2. The molecule has 1 saturated carbocycles. The number of hydrogen-bond acceptors (Lipinski definition) is 1. The maximum Gasteiger partial charge on any atom is 0.122 e. The largest absolute Gasteiger partial charge is 0.364 e. The van der Waals surface area contributed by atoms with Gasteiger partial charge in [0.2, 0.25) is 0 Å². The second-order valence-electron chi connectivity index (χ2n) is 3.14. The lowest BCUT2D eigenvalue weighted by Crippen LogP contribution is -2.34. The molecule has 0 heterocycles. The molecule has 1 fully saturated rings. The van der Waals surface area contributed by atoms with E-state index in [1.54, 1.807) is 0 Å². The van der Waals surface area contributed by atoms with Crippen LogP contribution in [-0.4, -0.2) is 24.3 Å². The molecule has 0 bridgehead atoms. The molecular formula is C10H12ClFO. The topological polar surface area (TPSA) is 9.23 Å². The average Bonchev–Trinajstić information content (AvgIpc) is 2.09. The van der Waals surface area contributed by atoms with E-state index in [9.17, 15) is 4.39 Å². The quantitative estimate of drug-likeness (QED) is 0.379. The van der Waals surface area contributed by atoms with Crippen LogP contribution in [0.25, 0.3) is 0 Å². The van der Waals surface area contributed by atoms with Gasteiger partial charge in [0.25, 0.3) is 0 Å². The van der Waals surface area contributed by atoms with E-state index in [1.807, 2.05) is 0 Å². The molecule has 0 amide bonds. The Balaban J connectivity index is 2.47. The number of ether oxygens (including phenoxy) is 1. The van der Waals surface area contributed by atoms with Gasteiger partial charge < -0.3 is 4.74 Å². The molecule has 13 heavy (non-hydrogen) atoms. The van der Waals surface area contributed by atoms with Crippen LogP contribution in [0.15, 0.2) is 12.2 Å². The zero-order valence-corrected chi connectivity index (χ0v) is 8.06. The molecular weight excluding hydrogens is 191 g/mol. The van der Waals surface area contributed by atoms with Crippen LogP contribution in [0.2, 0.25) is 0 Å². The SMILES string of the molecule is C#CCOC1CC(=C)C(F)CC1Cl. The van der Waals surface area contributed by atoms with Gasteiger partial charge in [0.15, 0.2) is 0 Å².